The summed E-state index contributed by atoms with van der Waals surface area (Å²) in [5, 5.41) is 9.84. The number of nitrogens with zero attached hydrogens (tertiary/aromatic N) is 1. The van der Waals surface area contributed by atoms with Gasteiger partial charge < -0.3 is 24.0 Å². The van der Waals surface area contributed by atoms with Crippen molar-refractivity contribution in [3.63, 3.8) is 0 Å². The number of phosphoric ester groups is 1. The van der Waals surface area contributed by atoms with Gasteiger partial charge in [0.25, 0.3) is 0 Å². The number of aliphatic hydroxyl groups excluding tert-OH is 1. The zero-order valence-corrected chi connectivity index (χ0v) is 37.9. The van der Waals surface area contributed by atoms with Gasteiger partial charge in [-0.15, -0.1) is 0 Å². The van der Waals surface area contributed by atoms with Crippen LogP contribution < -0.4 is 0 Å². The Morgan fingerprint density at radius 2 is 1.15 bits per heavy atom. The number of unbranched alkanes of at least 4 members (excludes halogenated alkanes) is 5. The highest BCUT2D eigenvalue weighted by molar-refractivity contribution is 7.47. The van der Waals surface area contributed by atoms with Gasteiger partial charge >= 0.3 is 19.8 Å². The predicted octanol–water partition coefficient (Wildman–Crippen LogP) is 11.3. The quantitative estimate of drug-likeness (QED) is 0.0157. The predicted molar refractivity (Wildman–Crippen MR) is 244 cm³/mol. The molecule has 0 aromatic rings. The van der Waals surface area contributed by atoms with Crippen LogP contribution in [0.15, 0.2) is 109 Å². The summed E-state index contributed by atoms with van der Waals surface area (Å²) in [6.07, 6.45) is 49.1. The van der Waals surface area contributed by atoms with E-state index in [0.29, 0.717) is 30.3 Å². The van der Waals surface area contributed by atoms with Crippen LogP contribution in [0.4, 0.5) is 0 Å². The Morgan fingerprint density at radius 3 is 1.78 bits per heavy atom. The van der Waals surface area contributed by atoms with E-state index in [-0.39, 0.29) is 26.1 Å². The van der Waals surface area contributed by atoms with Crippen LogP contribution in [0.2, 0.25) is 0 Å². The Balaban J connectivity index is 4.57. The van der Waals surface area contributed by atoms with E-state index in [4.69, 9.17) is 18.5 Å². The molecule has 0 rings (SSSR count). The zero-order chi connectivity index (χ0) is 43.7. The van der Waals surface area contributed by atoms with Gasteiger partial charge in [-0.1, -0.05) is 142 Å². The van der Waals surface area contributed by atoms with Crippen LogP contribution in [0.1, 0.15) is 123 Å². The largest absolute Gasteiger partial charge is 0.472 e. The molecule has 0 aromatic heterocycles. The van der Waals surface area contributed by atoms with Crippen LogP contribution in [-0.4, -0.2) is 86.1 Å². The summed E-state index contributed by atoms with van der Waals surface area (Å²) in [6, 6.07) is 0. The highest BCUT2D eigenvalue weighted by Gasteiger charge is 2.27. The van der Waals surface area contributed by atoms with Gasteiger partial charge in [-0.2, -0.15) is 0 Å². The van der Waals surface area contributed by atoms with Crippen molar-refractivity contribution < 1.29 is 47.2 Å². The van der Waals surface area contributed by atoms with E-state index in [1.165, 1.54) is 0 Å². The third-order valence-corrected chi connectivity index (χ3v) is 9.38. The number of allylic oxidation sites excluding steroid dienone is 16. The summed E-state index contributed by atoms with van der Waals surface area (Å²) in [6.45, 7) is 3.94. The third kappa shape index (κ3) is 42.6. The van der Waals surface area contributed by atoms with Gasteiger partial charge in [0, 0.05) is 12.8 Å². The van der Waals surface area contributed by atoms with E-state index in [9.17, 15) is 24.2 Å². The molecule has 2 unspecified atom stereocenters. The molecule has 0 aliphatic carbocycles. The first-order valence-corrected chi connectivity index (χ1v) is 23.2. The molecule has 0 spiro atoms. The smallest absolute Gasteiger partial charge is 0.462 e. The third-order valence-electron chi connectivity index (χ3n) is 8.39. The maximum absolute atomic E-state index is 12.7. The molecule has 0 aliphatic heterocycles. The summed E-state index contributed by atoms with van der Waals surface area (Å²) in [7, 11) is 1.38. The maximum atomic E-state index is 12.7. The fourth-order valence-electron chi connectivity index (χ4n) is 5.02. The van der Waals surface area contributed by atoms with E-state index in [2.05, 4.69) is 74.6 Å². The molecular formula is C48H79NO9P+. The van der Waals surface area contributed by atoms with E-state index in [1.54, 1.807) is 6.08 Å². The summed E-state index contributed by atoms with van der Waals surface area (Å²) in [5.74, 6) is -0.951. The highest BCUT2D eigenvalue weighted by Crippen LogP contribution is 2.43. The fraction of sp³-hybridized carbons (Fsp3) is 0.583. The average Bonchev–Trinajstić information content (AvgIpc) is 3.18. The van der Waals surface area contributed by atoms with Crippen molar-refractivity contribution in [2.24, 2.45) is 0 Å². The first kappa shape index (κ1) is 55.6. The first-order chi connectivity index (χ1) is 28.4. The molecule has 0 heterocycles. The number of carbonyl (C=O) groups is 2. The van der Waals surface area contributed by atoms with Crippen LogP contribution in [-0.2, 0) is 32.7 Å². The van der Waals surface area contributed by atoms with E-state index < -0.39 is 38.6 Å². The second-order valence-corrected chi connectivity index (χ2v) is 16.6. The summed E-state index contributed by atoms with van der Waals surface area (Å²) in [5.41, 5.74) is 0. The molecule has 0 amide bonds. The van der Waals surface area contributed by atoms with E-state index in [0.717, 1.165) is 77.0 Å². The zero-order valence-electron chi connectivity index (χ0n) is 37.0. The Morgan fingerprint density at radius 1 is 0.610 bits per heavy atom. The molecule has 0 bridgehead atoms. The number of hydrogen-bond donors (Lipinski definition) is 2. The lowest BCUT2D eigenvalue weighted by atomic mass is 10.1. The van der Waals surface area contributed by atoms with E-state index in [1.807, 2.05) is 63.7 Å². The fourth-order valence-corrected chi connectivity index (χ4v) is 5.76. The van der Waals surface area contributed by atoms with Gasteiger partial charge in [-0.3, -0.25) is 18.6 Å². The number of carbonyl (C=O) groups excluding carboxylic acids is 2. The Hall–Kier alpha value is -3.37. The molecule has 0 fully saturated rings. The minimum atomic E-state index is -4.41. The topological polar surface area (TPSA) is 129 Å². The number of ether oxygens (including phenoxy) is 2. The van der Waals surface area contributed by atoms with Gasteiger partial charge in [-0.05, 0) is 77.0 Å². The molecular weight excluding hydrogens is 766 g/mol. The molecule has 0 aromatic carbocycles. The van der Waals surface area contributed by atoms with Crippen molar-refractivity contribution in [1.82, 2.24) is 0 Å². The average molecular weight is 845 g/mol. The molecule has 0 saturated heterocycles. The maximum Gasteiger partial charge on any atom is 0.472 e. The van der Waals surface area contributed by atoms with Gasteiger partial charge in [0.05, 0.1) is 33.9 Å². The van der Waals surface area contributed by atoms with Crippen LogP contribution in [0.25, 0.3) is 0 Å². The summed E-state index contributed by atoms with van der Waals surface area (Å²) < 4.78 is 34.1. The van der Waals surface area contributed by atoms with Crippen LogP contribution in [0, 0.1) is 0 Å². The SMILES string of the molecule is CC/C=C\C/C=C\C/C=C\CCCCCCCC(=O)O[C@H](COC(=O)CC/C=C\C/C=C\C/C=C\C/C=C/C=C/C(O)C/C=C\CC)COP(=O)(O)OCC[N+](C)(C)C. The first-order valence-electron chi connectivity index (χ1n) is 21.7. The Kier molecular flexibility index (Phi) is 36.6. The minimum absolute atomic E-state index is 0.00353. The molecule has 2 N–H and O–H groups in total. The lowest BCUT2D eigenvalue weighted by Gasteiger charge is -2.24. The number of esters is 2. The van der Waals surface area contributed by atoms with Crippen molar-refractivity contribution in [2.75, 3.05) is 47.5 Å². The lowest BCUT2D eigenvalue weighted by Crippen LogP contribution is -2.37. The molecule has 334 valence electrons. The molecule has 0 aliphatic rings. The number of rotatable bonds is 37. The van der Waals surface area contributed by atoms with Crippen molar-refractivity contribution in [3.05, 3.63) is 109 Å². The lowest BCUT2D eigenvalue weighted by molar-refractivity contribution is -0.870. The number of phosphoric acid groups is 1. The normalized spacial score (nSPS) is 15.2. The van der Waals surface area contributed by atoms with Gasteiger partial charge in [0.1, 0.15) is 19.8 Å². The number of hydrogen-bond acceptors (Lipinski definition) is 8. The molecule has 0 saturated carbocycles. The standard InChI is InChI=1S/C48H78NO9P/c1-6-8-10-11-12-13-14-15-16-19-23-26-29-32-36-40-48(52)58-46(44-57-59(53,54)56-42-41-49(3,4)5)43-55-47(51)39-35-31-28-25-22-20-17-18-21-24-27-30-34-38-45(50)37-33-9-7-2/h8-10,12-13,15-16,18,20-22,27-28,30-31,33-34,38,45-46,50H,6-7,11,14,17,19,23-26,29,32,35-37,39-44H2,1-5H3/p+1/b10-8-,13-12-,16-15-,21-18-,22-20-,30-27+,31-28-,33-9-,38-34+/t45?,46-/m1/s1. The van der Waals surface area contributed by atoms with Crippen LogP contribution >= 0.6 is 7.82 Å². The van der Waals surface area contributed by atoms with E-state index >= 15 is 0 Å². The number of aliphatic hydroxyl groups is 1. The summed E-state index contributed by atoms with van der Waals surface area (Å²) >= 11 is 0. The Labute approximate surface area is 358 Å². The van der Waals surface area contributed by atoms with Crippen LogP contribution in [0.5, 0.6) is 0 Å². The molecule has 10 nitrogen and oxygen atoms in total. The van der Waals surface area contributed by atoms with Crippen LogP contribution in [0.3, 0.4) is 0 Å². The number of likely N-dealkylation sites (N-methyl/N-ethyl adjacent to an activating group) is 1. The second-order valence-electron chi connectivity index (χ2n) is 15.2. The van der Waals surface area contributed by atoms with Crippen molar-refractivity contribution in [1.29, 1.82) is 0 Å². The molecule has 0 radical (unpaired) electrons. The van der Waals surface area contributed by atoms with Crippen molar-refractivity contribution >= 4 is 19.8 Å². The molecule has 59 heavy (non-hydrogen) atoms. The van der Waals surface area contributed by atoms with Gasteiger partial charge in [-0.25, -0.2) is 4.57 Å². The summed E-state index contributed by atoms with van der Waals surface area (Å²) in [4.78, 5) is 35.3. The Bertz CT molecular complexity index is 1380. The molecule has 11 heteroatoms. The van der Waals surface area contributed by atoms with Gasteiger partial charge in [0.15, 0.2) is 6.10 Å². The molecule has 3 atom stereocenters. The van der Waals surface area contributed by atoms with Crippen molar-refractivity contribution in [2.45, 2.75) is 135 Å². The second kappa shape index (κ2) is 38.8. The number of quaternary nitrogens is 1. The van der Waals surface area contributed by atoms with Gasteiger partial charge in [0.2, 0.25) is 0 Å². The highest BCUT2D eigenvalue weighted by atomic mass is 31.2. The monoisotopic (exact) mass is 845 g/mol. The van der Waals surface area contributed by atoms with Crippen molar-refractivity contribution in [3.8, 4) is 0 Å². The minimum Gasteiger partial charge on any atom is -0.462 e.